The summed E-state index contributed by atoms with van der Waals surface area (Å²) in [6.45, 7) is 10.4. The number of rotatable bonds is 9. The molecule has 1 unspecified atom stereocenters. The highest BCUT2D eigenvalue weighted by molar-refractivity contribution is 7.92. The van der Waals surface area contributed by atoms with Gasteiger partial charge in [0, 0.05) is 12.1 Å². The molecule has 0 fully saturated rings. The highest BCUT2D eigenvalue weighted by Gasteiger charge is 2.33. The number of nitrogens with one attached hydrogen (secondary N) is 1. The second kappa shape index (κ2) is 12.0. The van der Waals surface area contributed by atoms with Crippen molar-refractivity contribution >= 4 is 27.5 Å². The van der Waals surface area contributed by atoms with Gasteiger partial charge in [-0.25, -0.2) is 12.8 Å². The van der Waals surface area contributed by atoms with Crippen LogP contribution in [0.4, 0.5) is 10.1 Å². The molecule has 39 heavy (non-hydrogen) atoms. The van der Waals surface area contributed by atoms with E-state index in [4.69, 9.17) is 0 Å². The number of carbonyl (C=O) groups excluding carboxylic acids is 2. The van der Waals surface area contributed by atoms with Crippen LogP contribution in [-0.4, -0.2) is 43.3 Å². The van der Waals surface area contributed by atoms with Crippen LogP contribution in [0.15, 0.2) is 77.7 Å². The number of amides is 2. The van der Waals surface area contributed by atoms with Gasteiger partial charge in [-0.05, 0) is 89.1 Å². The van der Waals surface area contributed by atoms with Gasteiger partial charge in [0.05, 0.1) is 10.6 Å². The van der Waals surface area contributed by atoms with E-state index >= 15 is 0 Å². The zero-order valence-electron chi connectivity index (χ0n) is 23.2. The van der Waals surface area contributed by atoms with E-state index in [9.17, 15) is 22.4 Å². The summed E-state index contributed by atoms with van der Waals surface area (Å²) in [7, 11) is -4.21. The van der Waals surface area contributed by atoms with E-state index in [2.05, 4.69) is 5.32 Å². The molecule has 208 valence electrons. The molecule has 0 aromatic heterocycles. The molecule has 2 amide bonds. The lowest BCUT2D eigenvalue weighted by molar-refractivity contribution is -0.140. The Morgan fingerprint density at radius 3 is 2.08 bits per heavy atom. The van der Waals surface area contributed by atoms with Crippen molar-refractivity contribution in [3.05, 3.63) is 95.3 Å². The summed E-state index contributed by atoms with van der Waals surface area (Å²) in [5, 5.41) is 2.90. The van der Waals surface area contributed by atoms with Crippen molar-refractivity contribution in [1.82, 2.24) is 10.2 Å². The summed E-state index contributed by atoms with van der Waals surface area (Å²) in [6, 6.07) is 17.8. The minimum Gasteiger partial charge on any atom is -0.350 e. The SMILES string of the molecule is Cc1ccc(S(=O)(=O)N(CC(=O)N(Cc2ccccc2C)C(C)C(=O)NC(C)(C)C)c2ccc(F)cc2)cc1. The molecule has 3 rings (SSSR count). The summed E-state index contributed by atoms with van der Waals surface area (Å²) in [6.07, 6.45) is 0. The molecule has 0 spiro atoms. The summed E-state index contributed by atoms with van der Waals surface area (Å²) < 4.78 is 42.2. The first-order valence-corrected chi connectivity index (χ1v) is 14.1. The van der Waals surface area contributed by atoms with E-state index in [0.29, 0.717) is 0 Å². The fraction of sp³-hybridized carbons (Fsp3) is 0.333. The number of hydrogen-bond donors (Lipinski definition) is 1. The maximum absolute atomic E-state index is 13.9. The van der Waals surface area contributed by atoms with Gasteiger partial charge in [-0.1, -0.05) is 42.0 Å². The van der Waals surface area contributed by atoms with Gasteiger partial charge in [-0.2, -0.15) is 0 Å². The minimum absolute atomic E-state index is 0.00537. The Morgan fingerprint density at radius 2 is 1.51 bits per heavy atom. The van der Waals surface area contributed by atoms with Crippen LogP contribution in [0.5, 0.6) is 0 Å². The van der Waals surface area contributed by atoms with Gasteiger partial charge < -0.3 is 10.2 Å². The number of halogens is 1. The van der Waals surface area contributed by atoms with Crippen LogP contribution in [0.3, 0.4) is 0 Å². The van der Waals surface area contributed by atoms with Crippen LogP contribution in [0.1, 0.15) is 44.4 Å². The zero-order chi connectivity index (χ0) is 29.0. The number of anilines is 1. The third kappa shape index (κ3) is 7.66. The second-order valence-electron chi connectivity index (χ2n) is 10.7. The molecule has 0 saturated carbocycles. The number of aryl methyl sites for hydroxylation is 2. The Balaban J connectivity index is 2.04. The molecular weight excluding hydrogens is 517 g/mol. The Bertz CT molecular complexity index is 1420. The van der Waals surface area contributed by atoms with E-state index in [0.717, 1.165) is 33.1 Å². The molecule has 0 saturated heterocycles. The fourth-order valence-corrected chi connectivity index (χ4v) is 5.42. The van der Waals surface area contributed by atoms with E-state index in [1.54, 1.807) is 19.1 Å². The first-order chi connectivity index (χ1) is 18.2. The monoisotopic (exact) mass is 553 g/mol. The molecule has 0 aliphatic rings. The van der Waals surface area contributed by atoms with Crippen LogP contribution < -0.4 is 9.62 Å². The van der Waals surface area contributed by atoms with Crippen molar-refractivity contribution in [2.24, 2.45) is 0 Å². The van der Waals surface area contributed by atoms with Crippen molar-refractivity contribution in [3.63, 3.8) is 0 Å². The minimum atomic E-state index is -4.21. The maximum Gasteiger partial charge on any atom is 0.264 e. The van der Waals surface area contributed by atoms with Crippen LogP contribution in [0, 0.1) is 19.7 Å². The highest BCUT2D eigenvalue weighted by Crippen LogP contribution is 2.25. The molecule has 0 radical (unpaired) electrons. The molecule has 1 N–H and O–H groups in total. The van der Waals surface area contributed by atoms with Crippen LogP contribution in [0.25, 0.3) is 0 Å². The summed E-state index contributed by atoms with van der Waals surface area (Å²) in [5.74, 6) is -1.47. The average Bonchev–Trinajstić information content (AvgIpc) is 2.86. The molecule has 3 aromatic carbocycles. The van der Waals surface area contributed by atoms with Crippen molar-refractivity contribution in [2.75, 3.05) is 10.8 Å². The molecule has 9 heteroatoms. The standard InChI is InChI=1S/C30H36FN3O4S/c1-21-11-17-27(18-12-21)39(37,38)34(26-15-13-25(31)14-16-26)20-28(35)33(19-24-10-8-7-9-22(24)2)23(3)29(36)32-30(4,5)6/h7-18,23H,19-20H2,1-6H3,(H,32,36). The van der Waals surface area contributed by atoms with E-state index in [1.807, 2.05) is 58.9 Å². The molecule has 0 aliphatic carbocycles. The van der Waals surface area contributed by atoms with Gasteiger partial charge in [0.25, 0.3) is 10.0 Å². The van der Waals surface area contributed by atoms with E-state index in [1.165, 1.54) is 29.2 Å². The maximum atomic E-state index is 13.9. The lowest BCUT2D eigenvalue weighted by Gasteiger charge is -2.33. The molecular formula is C30H36FN3O4S. The number of benzene rings is 3. The number of hydrogen-bond acceptors (Lipinski definition) is 4. The van der Waals surface area contributed by atoms with E-state index < -0.39 is 39.9 Å². The van der Waals surface area contributed by atoms with E-state index in [-0.39, 0.29) is 23.0 Å². The van der Waals surface area contributed by atoms with Gasteiger partial charge in [0.2, 0.25) is 11.8 Å². The summed E-state index contributed by atoms with van der Waals surface area (Å²) in [5.41, 5.74) is 2.24. The lowest BCUT2D eigenvalue weighted by atomic mass is 10.1. The number of nitrogens with zero attached hydrogens (tertiary/aromatic N) is 2. The Labute approximate surface area is 230 Å². The van der Waals surface area contributed by atoms with Crippen molar-refractivity contribution in [3.8, 4) is 0 Å². The third-order valence-electron chi connectivity index (χ3n) is 6.27. The zero-order valence-corrected chi connectivity index (χ0v) is 24.0. The van der Waals surface area contributed by atoms with Crippen LogP contribution in [-0.2, 0) is 26.2 Å². The highest BCUT2D eigenvalue weighted by atomic mass is 32.2. The Morgan fingerprint density at radius 1 is 0.923 bits per heavy atom. The van der Waals surface area contributed by atoms with Crippen LogP contribution >= 0.6 is 0 Å². The smallest absolute Gasteiger partial charge is 0.264 e. The van der Waals surface area contributed by atoms with Gasteiger partial charge in [-0.15, -0.1) is 0 Å². The molecule has 0 heterocycles. The fourth-order valence-electron chi connectivity index (χ4n) is 4.00. The largest absolute Gasteiger partial charge is 0.350 e. The van der Waals surface area contributed by atoms with Crippen LogP contribution in [0.2, 0.25) is 0 Å². The second-order valence-corrected chi connectivity index (χ2v) is 12.5. The predicted octanol–water partition coefficient (Wildman–Crippen LogP) is 4.97. The topological polar surface area (TPSA) is 86.8 Å². The Hall–Kier alpha value is -3.72. The molecule has 3 aromatic rings. The quantitative estimate of drug-likeness (QED) is 0.405. The normalized spacial score (nSPS) is 12.5. The third-order valence-corrected chi connectivity index (χ3v) is 8.06. The summed E-state index contributed by atoms with van der Waals surface area (Å²) >= 11 is 0. The summed E-state index contributed by atoms with van der Waals surface area (Å²) in [4.78, 5) is 28.4. The van der Waals surface area contributed by atoms with Gasteiger partial charge in [0.1, 0.15) is 18.4 Å². The molecule has 7 nitrogen and oxygen atoms in total. The van der Waals surface area contributed by atoms with Crippen molar-refractivity contribution in [2.45, 2.75) is 64.6 Å². The van der Waals surface area contributed by atoms with Crippen molar-refractivity contribution < 1.29 is 22.4 Å². The Kier molecular flexibility index (Phi) is 9.17. The molecule has 0 bridgehead atoms. The predicted molar refractivity (Wildman–Crippen MR) is 151 cm³/mol. The van der Waals surface area contributed by atoms with Crippen molar-refractivity contribution in [1.29, 1.82) is 0 Å². The average molecular weight is 554 g/mol. The lowest BCUT2D eigenvalue weighted by Crippen LogP contribution is -2.54. The molecule has 1 atom stereocenters. The first-order valence-electron chi connectivity index (χ1n) is 12.7. The van der Waals surface area contributed by atoms with Gasteiger partial charge >= 0.3 is 0 Å². The number of sulfonamides is 1. The van der Waals surface area contributed by atoms with Gasteiger partial charge in [-0.3, -0.25) is 13.9 Å². The van der Waals surface area contributed by atoms with Gasteiger partial charge in [0.15, 0.2) is 0 Å². The molecule has 0 aliphatic heterocycles. The first kappa shape index (κ1) is 29.8. The number of carbonyl (C=O) groups is 2.